The molecule has 1 fully saturated rings. The molecule has 2 aromatic heterocycles. The van der Waals surface area contributed by atoms with E-state index in [1.165, 1.54) is 6.07 Å². The molecule has 0 spiro atoms. The van der Waals surface area contributed by atoms with Gasteiger partial charge in [-0.1, -0.05) is 6.07 Å². The van der Waals surface area contributed by atoms with Crippen LogP contribution in [-0.4, -0.2) is 25.7 Å². The highest BCUT2D eigenvalue weighted by Crippen LogP contribution is 2.37. The van der Waals surface area contributed by atoms with E-state index in [9.17, 15) is 9.59 Å². The molecule has 1 aromatic carbocycles. The van der Waals surface area contributed by atoms with E-state index in [1.807, 2.05) is 19.2 Å². The normalized spacial score (nSPS) is 14.1. The monoisotopic (exact) mass is 309 g/mol. The molecule has 1 amide bonds. The molecule has 0 unspecified atom stereocenters. The number of H-pyrrole nitrogens is 1. The number of rotatable bonds is 3. The maximum atomic E-state index is 12.5. The molecule has 23 heavy (non-hydrogen) atoms. The van der Waals surface area contributed by atoms with Crippen molar-refractivity contribution in [1.82, 2.24) is 19.7 Å². The summed E-state index contributed by atoms with van der Waals surface area (Å²) in [5.41, 5.74) is 1.40. The summed E-state index contributed by atoms with van der Waals surface area (Å²) in [6, 6.07) is 6.80. The van der Waals surface area contributed by atoms with Crippen LogP contribution in [0.15, 0.2) is 35.3 Å². The summed E-state index contributed by atoms with van der Waals surface area (Å²) >= 11 is 0. The van der Waals surface area contributed by atoms with Gasteiger partial charge in [-0.15, -0.1) is 0 Å². The van der Waals surface area contributed by atoms with Crippen molar-refractivity contribution in [2.75, 3.05) is 5.32 Å². The van der Waals surface area contributed by atoms with Crippen LogP contribution in [-0.2, 0) is 7.05 Å². The number of anilines is 1. The third-order valence-electron chi connectivity index (χ3n) is 4.00. The minimum atomic E-state index is -0.394. The zero-order chi connectivity index (χ0) is 16.0. The lowest BCUT2D eigenvalue weighted by Gasteiger charge is -2.07. The van der Waals surface area contributed by atoms with Gasteiger partial charge in [0.05, 0.1) is 17.4 Å². The molecule has 2 heterocycles. The molecule has 7 nitrogen and oxygen atoms in total. The second-order valence-electron chi connectivity index (χ2n) is 5.75. The first-order valence-corrected chi connectivity index (χ1v) is 7.45. The number of hydrogen-bond acceptors (Lipinski definition) is 4. The molecule has 0 bridgehead atoms. The molecule has 1 saturated carbocycles. The lowest BCUT2D eigenvalue weighted by Crippen LogP contribution is -2.20. The highest BCUT2D eigenvalue weighted by Gasteiger charge is 2.27. The average molecular weight is 309 g/mol. The molecule has 0 radical (unpaired) electrons. The smallest absolute Gasteiger partial charge is 0.274 e. The Morgan fingerprint density at radius 2 is 2.22 bits per heavy atom. The summed E-state index contributed by atoms with van der Waals surface area (Å²) in [5, 5.41) is 7.85. The van der Waals surface area contributed by atoms with Crippen molar-refractivity contribution in [2.24, 2.45) is 7.05 Å². The quantitative estimate of drug-likeness (QED) is 0.771. The van der Waals surface area contributed by atoms with Gasteiger partial charge < -0.3 is 10.3 Å². The topological polar surface area (TPSA) is 92.7 Å². The summed E-state index contributed by atoms with van der Waals surface area (Å²) in [7, 11) is 1.84. The largest absolute Gasteiger partial charge is 0.320 e. The molecule has 0 saturated heterocycles. The van der Waals surface area contributed by atoms with E-state index in [4.69, 9.17) is 0 Å². The number of amides is 1. The minimum absolute atomic E-state index is 0.136. The molecule has 1 aliphatic rings. The fourth-order valence-corrected chi connectivity index (χ4v) is 2.62. The van der Waals surface area contributed by atoms with Crippen LogP contribution in [0.1, 0.15) is 35.1 Å². The average Bonchev–Trinajstić information content (AvgIpc) is 3.31. The van der Waals surface area contributed by atoms with Crippen LogP contribution in [0, 0.1) is 0 Å². The van der Waals surface area contributed by atoms with Gasteiger partial charge in [0.25, 0.3) is 11.5 Å². The number of nitrogens with one attached hydrogen (secondary N) is 2. The van der Waals surface area contributed by atoms with Gasteiger partial charge in [-0.25, -0.2) is 4.98 Å². The van der Waals surface area contributed by atoms with Gasteiger partial charge in [0.15, 0.2) is 0 Å². The zero-order valence-corrected chi connectivity index (χ0v) is 12.5. The van der Waals surface area contributed by atoms with Crippen LogP contribution in [0.3, 0.4) is 0 Å². The number of carbonyl (C=O) groups excluding carboxylic acids is 1. The number of aromatic nitrogens is 4. The Kier molecular flexibility index (Phi) is 3.00. The third kappa shape index (κ3) is 2.50. The van der Waals surface area contributed by atoms with Gasteiger partial charge in [-0.05, 0) is 25.0 Å². The molecule has 4 rings (SSSR count). The minimum Gasteiger partial charge on any atom is -0.320 e. The summed E-state index contributed by atoms with van der Waals surface area (Å²) in [6.45, 7) is 0. The predicted molar refractivity (Wildman–Crippen MR) is 85.5 cm³/mol. The van der Waals surface area contributed by atoms with Crippen molar-refractivity contribution in [3.05, 3.63) is 52.3 Å². The Bertz CT molecular complexity index is 968. The zero-order valence-electron chi connectivity index (χ0n) is 12.5. The standard InChI is InChI=1S/C16H15N5O2/c1-21-13-4-2-3-11(10(13)8-17-21)19-16(23)12-7-14(22)20-15(18-12)9-5-6-9/h2-4,7-9H,5-6H2,1H3,(H,19,23)(H,18,20,22). The van der Waals surface area contributed by atoms with Gasteiger partial charge in [0.2, 0.25) is 0 Å². The molecule has 0 aliphatic heterocycles. The molecule has 3 aromatic rings. The molecule has 116 valence electrons. The van der Waals surface area contributed by atoms with Crippen molar-refractivity contribution < 1.29 is 4.79 Å². The molecule has 1 aliphatic carbocycles. The Morgan fingerprint density at radius 3 is 3.00 bits per heavy atom. The van der Waals surface area contributed by atoms with Crippen molar-refractivity contribution in [3.63, 3.8) is 0 Å². The molecular weight excluding hydrogens is 294 g/mol. The Labute approximate surface area is 131 Å². The molecular formula is C16H15N5O2. The SMILES string of the molecule is Cn1ncc2c(NC(=O)c3cc(=O)[nH]c(C4CC4)n3)cccc21. The van der Waals surface area contributed by atoms with Gasteiger partial charge in [0, 0.05) is 24.4 Å². The predicted octanol–water partition coefficient (Wildman–Crippen LogP) is 1.79. The summed E-state index contributed by atoms with van der Waals surface area (Å²) in [4.78, 5) is 31.2. The van der Waals surface area contributed by atoms with Crippen LogP contribution in [0.2, 0.25) is 0 Å². The van der Waals surface area contributed by atoms with E-state index in [0.29, 0.717) is 11.5 Å². The van der Waals surface area contributed by atoms with Crippen molar-refractivity contribution in [3.8, 4) is 0 Å². The van der Waals surface area contributed by atoms with Gasteiger partial charge in [-0.2, -0.15) is 5.10 Å². The second-order valence-corrected chi connectivity index (χ2v) is 5.75. The highest BCUT2D eigenvalue weighted by atomic mass is 16.2. The van der Waals surface area contributed by atoms with E-state index < -0.39 is 5.91 Å². The number of aromatic amines is 1. The van der Waals surface area contributed by atoms with Crippen molar-refractivity contribution >= 4 is 22.5 Å². The highest BCUT2D eigenvalue weighted by molar-refractivity contribution is 6.07. The number of aryl methyl sites for hydroxylation is 1. The summed E-state index contributed by atoms with van der Waals surface area (Å²) < 4.78 is 1.74. The van der Waals surface area contributed by atoms with Gasteiger partial charge in [0.1, 0.15) is 11.5 Å². The number of nitrogens with zero attached hydrogens (tertiary/aromatic N) is 3. The number of hydrogen-bond donors (Lipinski definition) is 2. The van der Waals surface area contributed by atoms with Gasteiger partial charge in [-0.3, -0.25) is 14.3 Å². The molecule has 0 atom stereocenters. The van der Waals surface area contributed by atoms with E-state index in [1.54, 1.807) is 16.9 Å². The van der Waals surface area contributed by atoms with E-state index in [2.05, 4.69) is 20.4 Å². The second kappa shape index (κ2) is 5.05. The first-order chi connectivity index (χ1) is 11.1. The lowest BCUT2D eigenvalue weighted by atomic mass is 10.2. The van der Waals surface area contributed by atoms with E-state index >= 15 is 0 Å². The Morgan fingerprint density at radius 1 is 1.39 bits per heavy atom. The maximum Gasteiger partial charge on any atom is 0.274 e. The fraction of sp³-hybridized carbons (Fsp3) is 0.250. The fourth-order valence-electron chi connectivity index (χ4n) is 2.62. The van der Waals surface area contributed by atoms with Crippen LogP contribution >= 0.6 is 0 Å². The maximum absolute atomic E-state index is 12.5. The van der Waals surface area contributed by atoms with Crippen LogP contribution in [0.4, 0.5) is 5.69 Å². The van der Waals surface area contributed by atoms with Crippen molar-refractivity contribution in [1.29, 1.82) is 0 Å². The van der Waals surface area contributed by atoms with Crippen molar-refractivity contribution in [2.45, 2.75) is 18.8 Å². The Hall–Kier alpha value is -2.96. The summed E-state index contributed by atoms with van der Waals surface area (Å²) in [6.07, 6.45) is 3.71. The van der Waals surface area contributed by atoms with Gasteiger partial charge >= 0.3 is 0 Å². The number of carbonyl (C=O) groups is 1. The number of fused-ring (bicyclic) bond motifs is 1. The van der Waals surface area contributed by atoms with Crippen LogP contribution in [0.25, 0.3) is 10.9 Å². The van der Waals surface area contributed by atoms with E-state index in [-0.39, 0.29) is 17.2 Å². The molecule has 7 heteroatoms. The molecule has 2 N–H and O–H groups in total. The lowest BCUT2D eigenvalue weighted by molar-refractivity contribution is 0.102. The first kappa shape index (κ1) is 13.7. The number of benzene rings is 1. The van der Waals surface area contributed by atoms with Crippen LogP contribution < -0.4 is 10.9 Å². The summed E-state index contributed by atoms with van der Waals surface area (Å²) in [5.74, 6) is 0.480. The van der Waals surface area contributed by atoms with Crippen LogP contribution in [0.5, 0.6) is 0 Å². The third-order valence-corrected chi connectivity index (χ3v) is 4.00. The van der Waals surface area contributed by atoms with E-state index in [0.717, 1.165) is 23.7 Å². The first-order valence-electron chi connectivity index (χ1n) is 7.45. The Balaban J connectivity index is 1.68.